The molecule has 2 aromatic rings. The minimum atomic E-state index is -4.94. The van der Waals surface area contributed by atoms with E-state index in [1.54, 1.807) is 0 Å². The lowest BCUT2D eigenvalue weighted by atomic mass is 9.81. The van der Waals surface area contributed by atoms with Crippen LogP contribution in [0.4, 0.5) is 12.9 Å². The highest BCUT2D eigenvalue weighted by atomic mass is 19.4. The molecule has 0 fully saturated rings. The molecule has 3 nitrogen and oxygen atoms in total. The Balaban J connectivity index is 2.61. The largest absolute Gasteiger partial charge is 0.511 e. The summed E-state index contributed by atoms with van der Waals surface area (Å²) in [5.41, 5.74) is -0.240. The standard InChI is InChI=1S/C6H4BF3N3/c8-7(9,10)5-1-2-6-12-11-4-13(6)3-5/h1-4H/q-1. The van der Waals surface area contributed by atoms with Gasteiger partial charge >= 0.3 is 6.98 Å². The van der Waals surface area contributed by atoms with Gasteiger partial charge in [-0.2, -0.15) is 0 Å². The number of rotatable bonds is 1. The van der Waals surface area contributed by atoms with E-state index >= 15 is 0 Å². The summed E-state index contributed by atoms with van der Waals surface area (Å²) >= 11 is 0. The SMILES string of the molecule is F[B-](F)(F)c1ccc2nncn2c1. The van der Waals surface area contributed by atoms with Crippen LogP contribution in [0.5, 0.6) is 0 Å². The van der Waals surface area contributed by atoms with E-state index in [1.165, 1.54) is 16.8 Å². The van der Waals surface area contributed by atoms with Crippen LogP contribution in [0.2, 0.25) is 0 Å². The van der Waals surface area contributed by atoms with Crippen molar-refractivity contribution in [2.75, 3.05) is 0 Å². The van der Waals surface area contributed by atoms with Crippen molar-refractivity contribution in [3.8, 4) is 0 Å². The normalized spacial score (nSPS) is 12.2. The maximum atomic E-state index is 12.2. The molecule has 7 heteroatoms. The van der Waals surface area contributed by atoms with Gasteiger partial charge in [0, 0.05) is 0 Å². The zero-order chi connectivity index (χ0) is 9.47. The summed E-state index contributed by atoms with van der Waals surface area (Å²) in [5, 5.41) is 7.07. The number of hydrogen-bond donors (Lipinski definition) is 0. The van der Waals surface area contributed by atoms with E-state index in [0.717, 1.165) is 12.3 Å². The molecule has 2 rings (SSSR count). The van der Waals surface area contributed by atoms with E-state index in [1.807, 2.05) is 0 Å². The molecule has 0 atom stereocenters. The fraction of sp³-hybridized carbons (Fsp3) is 0. The molecule has 0 aliphatic carbocycles. The van der Waals surface area contributed by atoms with Crippen LogP contribution in [0.3, 0.4) is 0 Å². The van der Waals surface area contributed by atoms with Crippen molar-refractivity contribution >= 4 is 18.1 Å². The second kappa shape index (κ2) is 2.48. The number of hydrogen-bond acceptors (Lipinski definition) is 2. The molecule has 0 aliphatic rings. The Morgan fingerprint density at radius 1 is 1.23 bits per heavy atom. The molecule has 0 aromatic carbocycles. The third-order valence-electron chi connectivity index (χ3n) is 1.69. The third kappa shape index (κ3) is 1.37. The molecule has 0 aliphatic heterocycles. The second-order valence-electron chi connectivity index (χ2n) is 2.63. The highest BCUT2D eigenvalue weighted by Gasteiger charge is 2.25. The first kappa shape index (κ1) is 8.09. The average Bonchev–Trinajstić information content (AvgIpc) is 2.47. The van der Waals surface area contributed by atoms with Gasteiger partial charge in [-0.15, -0.1) is 10.2 Å². The minimum Gasteiger partial charge on any atom is -0.445 e. The quantitative estimate of drug-likeness (QED) is 0.616. The van der Waals surface area contributed by atoms with E-state index in [4.69, 9.17) is 0 Å². The lowest BCUT2D eigenvalue weighted by molar-refractivity contribution is 0.500. The van der Waals surface area contributed by atoms with Crippen LogP contribution in [0.25, 0.3) is 5.65 Å². The number of fused-ring (bicyclic) bond motifs is 1. The fourth-order valence-electron chi connectivity index (χ4n) is 1.04. The van der Waals surface area contributed by atoms with Crippen molar-refractivity contribution in [1.29, 1.82) is 0 Å². The Bertz CT molecular complexity index is 436. The monoisotopic (exact) mass is 186 g/mol. The van der Waals surface area contributed by atoms with Gasteiger partial charge in [-0.25, -0.2) is 0 Å². The molecular formula is C6H4BF3N3-. The first-order chi connectivity index (χ1) is 6.07. The Hall–Kier alpha value is -1.53. The van der Waals surface area contributed by atoms with Crippen molar-refractivity contribution in [1.82, 2.24) is 14.6 Å². The summed E-state index contributed by atoms with van der Waals surface area (Å²) in [6, 6.07) is 2.29. The molecule has 2 heterocycles. The lowest BCUT2D eigenvalue weighted by Crippen LogP contribution is -2.34. The van der Waals surface area contributed by atoms with Crippen molar-refractivity contribution in [2.45, 2.75) is 0 Å². The summed E-state index contributed by atoms with van der Waals surface area (Å²) in [4.78, 5) is 0. The topological polar surface area (TPSA) is 30.2 Å². The molecule has 68 valence electrons. The molecule has 0 saturated heterocycles. The van der Waals surface area contributed by atoms with Gasteiger partial charge < -0.3 is 12.9 Å². The van der Waals surface area contributed by atoms with E-state index in [0.29, 0.717) is 5.65 Å². The van der Waals surface area contributed by atoms with Crippen molar-refractivity contribution in [2.24, 2.45) is 0 Å². The lowest BCUT2D eigenvalue weighted by Gasteiger charge is -2.13. The van der Waals surface area contributed by atoms with Crippen LogP contribution in [0.1, 0.15) is 0 Å². The molecule has 0 amide bonds. The Labute approximate surface area is 71.3 Å². The summed E-state index contributed by atoms with van der Waals surface area (Å²) in [7, 11) is 0. The number of aromatic nitrogens is 3. The van der Waals surface area contributed by atoms with Gasteiger partial charge in [0.15, 0.2) is 5.65 Å². The molecule has 0 saturated carbocycles. The smallest absolute Gasteiger partial charge is 0.445 e. The van der Waals surface area contributed by atoms with Crippen molar-refractivity contribution in [3.63, 3.8) is 0 Å². The number of nitrogens with zero attached hydrogens (tertiary/aromatic N) is 3. The molecule has 0 spiro atoms. The molecule has 2 aromatic heterocycles. The predicted molar refractivity (Wildman–Crippen MR) is 41.7 cm³/mol. The Morgan fingerprint density at radius 3 is 2.69 bits per heavy atom. The molecular weight excluding hydrogens is 182 g/mol. The van der Waals surface area contributed by atoms with Gasteiger partial charge in [-0.1, -0.05) is 11.5 Å². The van der Waals surface area contributed by atoms with Gasteiger partial charge in [0.1, 0.15) is 6.33 Å². The molecule has 0 radical (unpaired) electrons. The zero-order valence-electron chi connectivity index (χ0n) is 6.36. The number of halogens is 3. The van der Waals surface area contributed by atoms with E-state index in [-0.39, 0.29) is 0 Å². The second-order valence-corrected chi connectivity index (χ2v) is 2.63. The maximum Gasteiger partial charge on any atom is 0.511 e. The predicted octanol–water partition coefficient (Wildman–Crippen LogP) is 0.784. The van der Waals surface area contributed by atoms with Gasteiger partial charge in [-0.3, -0.25) is 4.40 Å². The molecule has 0 unspecified atom stereocenters. The van der Waals surface area contributed by atoms with Crippen LogP contribution in [-0.2, 0) is 0 Å². The van der Waals surface area contributed by atoms with Crippen LogP contribution in [-0.4, -0.2) is 21.6 Å². The van der Waals surface area contributed by atoms with E-state index in [9.17, 15) is 12.9 Å². The van der Waals surface area contributed by atoms with Crippen LogP contribution in [0, 0.1) is 0 Å². The van der Waals surface area contributed by atoms with Gasteiger partial charge in [0.25, 0.3) is 0 Å². The Morgan fingerprint density at radius 2 is 2.00 bits per heavy atom. The highest BCUT2D eigenvalue weighted by molar-refractivity contribution is 6.73. The maximum absolute atomic E-state index is 12.2. The first-order valence-corrected chi connectivity index (χ1v) is 3.56. The Kier molecular flexibility index (Phi) is 1.54. The van der Waals surface area contributed by atoms with Gasteiger partial charge in [0.05, 0.1) is 0 Å². The van der Waals surface area contributed by atoms with E-state index in [2.05, 4.69) is 10.2 Å². The van der Waals surface area contributed by atoms with Crippen molar-refractivity contribution in [3.05, 3.63) is 24.7 Å². The summed E-state index contributed by atoms with van der Waals surface area (Å²) in [5.74, 6) is 0. The van der Waals surface area contributed by atoms with Crippen LogP contribution in [0.15, 0.2) is 24.7 Å². The molecule has 0 bridgehead atoms. The van der Waals surface area contributed by atoms with Crippen molar-refractivity contribution < 1.29 is 12.9 Å². The van der Waals surface area contributed by atoms with Gasteiger partial charge in [-0.05, 0) is 12.3 Å². The van der Waals surface area contributed by atoms with Crippen LogP contribution < -0.4 is 5.46 Å². The highest BCUT2D eigenvalue weighted by Crippen LogP contribution is 2.08. The zero-order valence-corrected chi connectivity index (χ0v) is 6.36. The minimum absolute atomic E-state index is 0.406. The van der Waals surface area contributed by atoms with Gasteiger partial charge in [0.2, 0.25) is 0 Å². The summed E-state index contributed by atoms with van der Waals surface area (Å²) < 4.78 is 37.9. The fourth-order valence-corrected chi connectivity index (χ4v) is 1.04. The average molecular weight is 186 g/mol. The molecule has 13 heavy (non-hydrogen) atoms. The van der Waals surface area contributed by atoms with Crippen LogP contribution >= 0.6 is 0 Å². The molecule has 0 N–H and O–H groups in total. The summed E-state index contributed by atoms with van der Waals surface area (Å²) in [6.45, 7) is -4.94. The summed E-state index contributed by atoms with van der Waals surface area (Å²) in [6.07, 6.45) is 2.22. The third-order valence-corrected chi connectivity index (χ3v) is 1.69. The van der Waals surface area contributed by atoms with E-state index < -0.39 is 12.4 Å². The first-order valence-electron chi connectivity index (χ1n) is 3.56. The number of pyridine rings is 1.